The van der Waals surface area contributed by atoms with Crippen molar-refractivity contribution in [3.05, 3.63) is 23.8 Å². The van der Waals surface area contributed by atoms with E-state index in [0.717, 1.165) is 0 Å². The zero-order valence-corrected chi connectivity index (χ0v) is 7.67. The van der Waals surface area contributed by atoms with Crippen molar-refractivity contribution >= 4 is 17.4 Å². The van der Waals surface area contributed by atoms with E-state index in [2.05, 4.69) is 0 Å². The predicted octanol–water partition coefficient (Wildman–Crippen LogP) is 3.19. The van der Waals surface area contributed by atoms with Crippen LogP contribution in [-0.2, 0) is 0 Å². The molecule has 0 aliphatic heterocycles. The highest BCUT2D eigenvalue weighted by atomic mass is 32.2. The smallest absolute Gasteiger partial charge is 0.399 e. The fraction of sp³-hybridized carbons (Fsp3) is 0.250. The van der Waals surface area contributed by atoms with Crippen molar-refractivity contribution in [1.82, 2.24) is 0 Å². The number of anilines is 1. The summed E-state index contributed by atoms with van der Waals surface area (Å²) >= 11 is -0.119. The lowest BCUT2D eigenvalue weighted by Crippen LogP contribution is -2.00. The van der Waals surface area contributed by atoms with Gasteiger partial charge in [0.15, 0.2) is 0 Å². The van der Waals surface area contributed by atoms with Gasteiger partial charge in [-0.1, -0.05) is 0 Å². The number of aryl methyl sites for hydroxylation is 1. The molecule has 0 saturated heterocycles. The van der Waals surface area contributed by atoms with Crippen molar-refractivity contribution < 1.29 is 13.2 Å². The first-order valence-electron chi connectivity index (χ1n) is 3.50. The van der Waals surface area contributed by atoms with Gasteiger partial charge in [-0.05, 0) is 42.4 Å². The summed E-state index contributed by atoms with van der Waals surface area (Å²) in [6.07, 6.45) is 0. The van der Waals surface area contributed by atoms with Gasteiger partial charge in [0, 0.05) is 10.6 Å². The van der Waals surface area contributed by atoms with Gasteiger partial charge in [0.25, 0.3) is 0 Å². The molecule has 1 nitrogen and oxygen atoms in total. The van der Waals surface area contributed by atoms with E-state index in [1.165, 1.54) is 18.2 Å². The van der Waals surface area contributed by atoms with Gasteiger partial charge in [-0.25, -0.2) is 0 Å². The topological polar surface area (TPSA) is 26.0 Å². The van der Waals surface area contributed by atoms with Crippen LogP contribution in [0.4, 0.5) is 18.9 Å². The summed E-state index contributed by atoms with van der Waals surface area (Å²) in [5.41, 5.74) is 2.19. The molecule has 0 saturated carbocycles. The summed E-state index contributed by atoms with van der Waals surface area (Å²) in [7, 11) is 0. The van der Waals surface area contributed by atoms with Crippen LogP contribution in [0.25, 0.3) is 0 Å². The molecule has 72 valence electrons. The Kier molecular flexibility index (Phi) is 2.75. The van der Waals surface area contributed by atoms with Crippen LogP contribution >= 0.6 is 11.8 Å². The highest BCUT2D eigenvalue weighted by Gasteiger charge is 2.29. The zero-order valence-electron chi connectivity index (χ0n) is 6.85. The molecule has 1 aromatic rings. The highest BCUT2D eigenvalue weighted by Crippen LogP contribution is 2.38. The minimum absolute atomic E-state index is 0.119. The summed E-state index contributed by atoms with van der Waals surface area (Å²) in [5, 5.41) is 0. The third-order valence-electron chi connectivity index (χ3n) is 1.42. The van der Waals surface area contributed by atoms with Crippen LogP contribution in [0.2, 0.25) is 0 Å². The van der Waals surface area contributed by atoms with Crippen LogP contribution in [0.1, 0.15) is 5.56 Å². The molecule has 0 heterocycles. The number of hydrogen-bond acceptors (Lipinski definition) is 2. The van der Waals surface area contributed by atoms with Crippen LogP contribution in [-0.4, -0.2) is 5.51 Å². The molecule has 0 spiro atoms. The Morgan fingerprint density at radius 2 is 1.92 bits per heavy atom. The fourth-order valence-corrected chi connectivity index (χ4v) is 1.52. The molecule has 0 radical (unpaired) electrons. The maximum atomic E-state index is 12.0. The van der Waals surface area contributed by atoms with E-state index in [9.17, 15) is 13.2 Å². The summed E-state index contributed by atoms with van der Waals surface area (Å²) in [6, 6.07) is 4.36. The van der Waals surface area contributed by atoms with Crippen LogP contribution < -0.4 is 5.73 Å². The van der Waals surface area contributed by atoms with Gasteiger partial charge in [0.05, 0.1) is 0 Å². The lowest BCUT2D eigenvalue weighted by Gasteiger charge is -2.08. The Hall–Kier alpha value is -0.840. The summed E-state index contributed by atoms with van der Waals surface area (Å²) in [4.78, 5) is 0.196. The van der Waals surface area contributed by atoms with Crippen LogP contribution in [0.5, 0.6) is 0 Å². The molecule has 0 aliphatic carbocycles. The molecule has 1 rings (SSSR count). The van der Waals surface area contributed by atoms with Crippen molar-refractivity contribution in [3.8, 4) is 0 Å². The molecule has 0 unspecified atom stereocenters. The van der Waals surface area contributed by atoms with Gasteiger partial charge < -0.3 is 5.73 Å². The second-order valence-corrected chi connectivity index (χ2v) is 3.68. The van der Waals surface area contributed by atoms with E-state index < -0.39 is 5.51 Å². The molecule has 13 heavy (non-hydrogen) atoms. The fourth-order valence-electron chi connectivity index (χ4n) is 0.912. The summed E-state index contributed by atoms with van der Waals surface area (Å²) in [5.74, 6) is 0. The molecule has 0 fully saturated rings. The highest BCUT2D eigenvalue weighted by molar-refractivity contribution is 8.00. The Balaban J connectivity index is 2.90. The molecule has 0 aliphatic rings. The van der Waals surface area contributed by atoms with Gasteiger partial charge in [-0.15, -0.1) is 0 Å². The number of benzene rings is 1. The number of thioether (sulfide) groups is 1. The van der Waals surface area contributed by atoms with Gasteiger partial charge in [0.2, 0.25) is 0 Å². The van der Waals surface area contributed by atoms with E-state index in [4.69, 9.17) is 5.73 Å². The lowest BCUT2D eigenvalue weighted by atomic mass is 10.2. The molecule has 2 N–H and O–H groups in total. The first kappa shape index (κ1) is 10.2. The van der Waals surface area contributed by atoms with Crippen molar-refractivity contribution in [2.45, 2.75) is 17.3 Å². The van der Waals surface area contributed by atoms with Crippen molar-refractivity contribution in [2.75, 3.05) is 5.73 Å². The average Bonchev–Trinajstić information content (AvgIpc) is 1.93. The number of hydrogen-bond donors (Lipinski definition) is 1. The van der Waals surface area contributed by atoms with Crippen molar-refractivity contribution in [3.63, 3.8) is 0 Å². The van der Waals surface area contributed by atoms with Gasteiger partial charge in [-0.2, -0.15) is 13.2 Å². The van der Waals surface area contributed by atoms with E-state index in [-0.39, 0.29) is 16.7 Å². The van der Waals surface area contributed by atoms with E-state index in [1.54, 1.807) is 6.92 Å². The number of nitrogens with two attached hydrogens (primary N) is 1. The molecule has 0 amide bonds. The number of halogens is 3. The van der Waals surface area contributed by atoms with Gasteiger partial charge >= 0.3 is 5.51 Å². The van der Waals surface area contributed by atoms with Crippen LogP contribution in [0.15, 0.2) is 23.1 Å². The minimum atomic E-state index is -4.24. The Bertz CT molecular complexity index is 309. The molecule has 0 atom stereocenters. The molecule has 0 bridgehead atoms. The Morgan fingerprint density at radius 3 is 2.38 bits per heavy atom. The quantitative estimate of drug-likeness (QED) is 0.565. The summed E-state index contributed by atoms with van der Waals surface area (Å²) in [6.45, 7) is 1.60. The Morgan fingerprint density at radius 1 is 1.31 bits per heavy atom. The monoisotopic (exact) mass is 207 g/mol. The normalized spacial score (nSPS) is 11.7. The molecular weight excluding hydrogens is 199 g/mol. The van der Waals surface area contributed by atoms with Crippen molar-refractivity contribution in [2.24, 2.45) is 0 Å². The first-order chi connectivity index (χ1) is 5.88. The molecule has 5 heteroatoms. The SMILES string of the molecule is Cc1cc(N)ccc1SC(F)(F)F. The average molecular weight is 207 g/mol. The minimum Gasteiger partial charge on any atom is -0.399 e. The number of alkyl halides is 3. The van der Waals surface area contributed by atoms with E-state index >= 15 is 0 Å². The molecule has 0 aromatic heterocycles. The molecule has 1 aromatic carbocycles. The first-order valence-corrected chi connectivity index (χ1v) is 4.32. The largest absolute Gasteiger partial charge is 0.446 e. The lowest BCUT2D eigenvalue weighted by molar-refractivity contribution is -0.0328. The standard InChI is InChI=1S/C8H8F3NS/c1-5-4-6(12)2-3-7(5)13-8(9,10)11/h2-4H,12H2,1H3. The number of nitrogen functional groups attached to an aromatic ring is 1. The number of rotatable bonds is 1. The van der Waals surface area contributed by atoms with E-state index in [1.807, 2.05) is 0 Å². The third kappa shape index (κ3) is 3.18. The van der Waals surface area contributed by atoms with Gasteiger partial charge in [-0.3, -0.25) is 0 Å². The van der Waals surface area contributed by atoms with Crippen LogP contribution in [0, 0.1) is 6.92 Å². The second-order valence-electron chi connectivity index (χ2n) is 2.57. The zero-order chi connectivity index (χ0) is 10.1. The molecular formula is C8H8F3NS. The maximum Gasteiger partial charge on any atom is 0.446 e. The maximum absolute atomic E-state index is 12.0. The second kappa shape index (κ2) is 3.49. The third-order valence-corrected chi connectivity index (χ3v) is 2.33. The Labute approximate surface area is 78.1 Å². The van der Waals surface area contributed by atoms with Crippen molar-refractivity contribution in [1.29, 1.82) is 0 Å². The summed E-state index contributed by atoms with van der Waals surface area (Å²) < 4.78 is 35.9. The predicted molar refractivity (Wildman–Crippen MR) is 47.5 cm³/mol. The van der Waals surface area contributed by atoms with E-state index in [0.29, 0.717) is 11.3 Å². The van der Waals surface area contributed by atoms with Crippen LogP contribution in [0.3, 0.4) is 0 Å². The van der Waals surface area contributed by atoms with Gasteiger partial charge in [0.1, 0.15) is 0 Å².